The summed E-state index contributed by atoms with van der Waals surface area (Å²) >= 11 is 0. The van der Waals surface area contributed by atoms with E-state index in [9.17, 15) is 4.79 Å². The van der Waals surface area contributed by atoms with E-state index >= 15 is 0 Å². The van der Waals surface area contributed by atoms with Gasteiger partial charge in [-0.25, -0.2) is 0 Å². The Morgan fingerprint density at radius 3 is 2.36 bits per heavy atom. The van der Waals surface area contributed by atoms with Crippen molar-refractivity contribution in [3.8, 4) is 0 Å². The van der Waals surface area contributed by atoms with E-state index in [2.05, 4.69) is 0 Å². The molecule has 0 amide bonds. The Balaban J connectivity index is 0. The first-order chi connectivity index (χ1) is 5.79. The maximum atomic E-state index is 10.4. The van der Waals surface area contributed by atoms with Gasteiger partial charge in [0.25, 0.3) is 0 Å². The molecule has 0 bridgehead atoms. The van der Waals surface area contributed by atoms with E-state index in [1.54, 1.807) is 0 Å². The number of hydrogen-bond acceptors (Lipinski definition) is 2. The molecule has 0 spiro atoms. The molecule has 5 heteroatoms. The highest BCUT2D eigenvalue weighted by Gasteiger charge is 1.96. The van der Waals surface area contributed by atoms with Crippen molar-refractivity contribution in [3.63, 3.8) is 0 Å². The van der Waals surface area contributed by atoms with E-state index in [-0.39, 0.29) is 16.9 Å². The summed E-state index contributed by atoms with van der Waals surface area (Å²) in [5.74, 6) is -0.248. The normalized spacial score (nSPS) is 7.79. The molecule has 4 nitrogen and oxygen atoms in total. The number of carbonyl (C=O) groups is 1. The molecule has 14 heavy (non-hydrogen) atoms. The van der Waals surface area contributed by atoms with Crippen LogP contribution in [0.25, 0.3) is 0 Å². The summed E-state index contributed by atoms with van der Waals surface area (Å²) in [6.07, 6.45) is 0. The average molecular weight is 197 g/mol. The molecule has 1 rings (SSSR count). The minimum Gasteiger partial charge on any atom is -0.475 e. The number of ether oxygens (including phenoxy) is 1. The fourth-order valence-corrected chi connectivity index (χ4v) is 0.844. The topological polar surface area (TPSA) is 89.3 Å². The minimum atomic E-state index is -0.248. The number of carbonyl (C=O) groups excluding carboxylic acids is 1. The van der Waals surface area contributed by atoms with Crippen molar-refractivity contribution in [2.24, 2.45) is 0 Å². The van der Waals surface area contributed by atoms with Crippen molar-refractivity contribution in [1.29, 1.82) is 0 Å². The van der Waals surface area contributed by atoms with Crippen LogP contribution in [0.3, 0.4) is 0 Å². The van der Waals surface area contributed by atoms with E-state index < -0.39 is 0 Å². The molecule has 0 aliphatic heterocycles. The lowest BCUT2D eigenvalue weighted by Gasteiger charge is -1.99. The zero-order valence-corrected chi connectivity index (χ0v) is 7.99. The van der Waals surface area contributed by atoms with Gasteiger partial charge in [0.15, 0.2) is 0 Å². The highest BCUT2D eigenvalue weighted by atomic mass is 16.5. The van der Waals surface area contributed by atoms with Gasteiger partial charge in [-0.2, -0.15) is 0 Å². The van der Waals surface area contributed by atoms with Gasteiger partial charge in [0.1, 0.15) is 0 Å². The van der Waals surface area contributed by atoms with Crippen molar-refractivity contribution in [1.82, 2.24) is 0 Å². The number of esters is 1. The first-order valence-electron chi connectivity index (χ1n) is 3.80. The molecule has 1 aromatic carbocycles. The SMILES string of the molecule is CC(=O)OC[B]c1ccccc1.O.O. The Morgan fingerprint density at radius 2 is 1.86 bits per heavy atom. The fraction of sp³-hybridized carbons (Fsp3) is 0.222. The van der Waals surface area contributed by atoms with Gasteiger partial charge in [-0.05, 0) is 0 Å². The van der Waals surface area contributed by atoms with Crippen molar-refractivity contribution < 1.29 is 20.5 Å². The second-order valence-electron chi connectivity index (χ2n) is 2.42. The molecule has 1 aromatic rings. The summed E-state index contributed by atoms with van der Waals surface area (Å²) in [7, 11) is 1.86. The van der Waals surface area contributed by atoms with Gasteiger partial charge in [0, 0.05) is 6.92 Å². The first kappa shape index (κ1) is 15.2. The van der Waals surface area contributed by atoms with Gasteiger partial charge in [-0.3, -0.25) is 4.79 Å². The summed E-state index contributed by atoms with van der Waals surface area (Å²) < 4.78 is 4.75. The molecule has 1 radical (unpaired) electrons. The molecule has 0 fully saturated rings. The fourth-order valence-electron chi connectivity index (χ4n) is 0.844. The molecule has 0 saturated heterocycles. The predicted octanol–water partition coefficient (Wildman–Crippen LogP) is -1.11. The Bertz CT molecular complexity index is 250. The number of rotatable bonds is 3. The van der Waals surface area contributed by atoms with E-state index in [0.717, 1.165) is 5.46 Å². The van der Waals surface area contributed by atoms with Crippen LogP contribution in [-0.4, -0.2) is 30.7 Å². The molecule has 0 atom stereocenters. The van der Waals surface area contributed by atoms with Crippen LogP contribution in [0, 0.1) is 0 Å². The van der Waals surface area contributed by atoms with Crippen LogP contribution < -0.4 is 5.46 Å². The summed E-state index contributed by atoms with van der Waals surface area (Å²) in [6.45, 7) is 1.75. The Kier molecular flexibility index (Phi) is 8.97. The van der Waals surface area contributed by atoms with E-state index in [1.807, 2.05) is 37.6 Å². The average Bonchev–Trinajstić information content (AvgIpc) is 2.05. The summed E-state index contributed by atoms with van der Waals surface area (Å²) in [5, 5.41) is 0. The van der Waals surface area contributed by atoms with Crippen LogP contribution in [0.4, 0.5) is 0 Å². The molecule has 0 aliphatic carbocycles. The smallest absolute Gasteiger partial charge is 0.301 e. The van der Waals surface area contributed by atoms with E-state index in [4.69, 9.17) is 4.74 Å². The van der Waals surface area contributed by atoms with Crippen LogP contribution in [0.5, 0.6) is 0 Å². The summed E-state index contributed by atoms with van der Waals surface area (Å²) in [6, 6.07) is 9.76. The zero-order chi connectivity index (χ0) is 8.81. The quantitative estimate of drug-likeness (QED) is 0.454. The highest BCUT2D eigenvalue weighted by Crippen LogP contribution is 1.82. The zero-order valence-electron chi connectivity index (χ0n) is 7.99. The standard InChI is InChI=1S/C9H10BO2.2H2O/c1-8(11)12-7-10-9-5-3-2-4-6-9;;/h2-6H,7H2,1H3;2*1H2. The van der Waals surface area contributed by atoms with Crippen LogP contribution in [-0.2, 0) is 9.53 Å². The van der Waals surface area contributed by atoms with Crippen molar-refractivity contribution in [3.05, 3.63) is 30.3 Å². The maximum absolute atomic E-state index is 10.4. The van der Waals surface area contributed by atoms with Crippen molar-refractivity contribution in [2.75, 3.05) is 6.51 Å². The van der Waals surface area contributed by atoms with E-state index in [1.165, 1.54) is 6.92 Å². The van der Waals surface area contributed by atoms with Crippen molar-refractivity contribution >= 4 is 18.7 Å². The summed E-state index contributed by atoms with van der Waals surface area (Å²) in [5.41, 5.74) is 1.07. The molecule has 0 aromatic heterocycles. The molecule has 77 valence electrons. The number of benzene rings is 1. The lowest BCUT2D eigenvalue weighted by molar-refractivity contribution is -0.138. The van der Waals surface area contributed by atoms with Gasteiger partial charge in [-0.1, -0.05) is 35.8 Å². The van der Waals surface area contributed by atoms with Gasteiger partial charge in [-0.15, -0.1) is 0 Å². The Morgan fingerprint density at radius 1 is 1.29 bits per heavy atom. The molecule has 0 saturated carbocycles. The monoisotopic (exact) mass is 197 g/mol. The first-order valence-corrected chi connectivity index (χ1v) is 3.80. The molecular formula is C9H14BO4. The molecule has 0 heterocycles. The summed E-state index contributed by atoms with van der Waals surface area (Å²) in [4.78, 5) is 10.4. The molecular weight excluding hydrogens is 183 g/mol. The van der Waals surface area contributed by atoms with Crippen LogP contribution in [0.15, 0.2) is 30.3 Å². The maximum Gasteiger partial charge on any atom is 0.301 e. The largest absolute Gasteiger partial charge is 0.475 e. The van der Waals surface area contributed by atoms with Crippen molar-refractivity contribution in [2.45, 2.75) is 6.92 Å². The van der Waals surface area contributed by atoms with Crippen LogP contribution in [0.1, 0.15) is 6.92 Å². The minimum absolute atomic E-state index is 0. The third-order valence-electron chi connectivity index (χ3n) is 1.41. The van der Waals surface area contributed by atoms with Crippen LogP contribution >= 0.6 is 0 Å². The second-order valence-corrected chi connectivity index (χ2v) is 2.42. The van der Waals surface area contributed by atoms with Crippen LogP contribution in [0.2, 0.25) is 0 Å². The predicted molar refractivity (Wildman–Crippen MR) is 55.7 cm³/mol. The molecule has 0 unspecified atom stereocenters. The Labute approximate surface area is 83.8 Å². The lowest BCUT2D eigenvalue weighted by Crippen LogP contribution is -2.20. The Hall–Kier alpha value is -1.33. The second kappa shape index (κ2) is 8.28. The number of hydrogen-bond donors (Lipinski definition) is 0. The van der Waals surface area contributed by atoms with Gasteiger partial charge in [0.2, 0.25) is 7.28 Å². The molecule has 4 N–H and O–H groups in total. The third kappa shape index (κ3) is 6.22. The highest BCUT2D eigenvalue weighted by molar-refractivity contribution is 6.53. The van der Waals surface area contributed by atoms with Gasteiger partial charge < -0.3 is 15.7 Å². The van der Waals surface area contributed by atoms with Gasteiger partial charge in [0.05, 0.1) is 6.51 Å². The van der Waals surface area contributed by atoms with E-state index in [0.29, 0.717) is 6.51 Å². The molecule has 0 aliphatic rings. The third-order valence-corrected chi connectivity index (χ3v) is 1.41. The van der Waals surface area contributed by atoms with Gasteiger partial charge >= 0.3 is 5.97 Å². The lowest BCUT2D eigenvalue weighted by atomic mass is 9.72.